The van der Waals surface area contributed by atoms with Gasteiger partial charge in [0, 0.05) is 6.61 Å². The lowest BCUT2D eigenvalue weighted by molar-refractivity contribution is -0.389. The van der Waals surface area contributed by atoms with Gasteiger partial charge in [0.1, 0.15) is 12.7 Å². The van der Waals surface area contributed by atoms with Crippen LogP contribution in [0, 0.1) is 0 Å². The number of ketones is 1. The van der Waals surface area contributed by atoms with Crippen molar-refractivity contribution >= 4 is 14.2 Å². The Hall–Kier alpha value is -0.690. The van der Waals surface area contributed by atoms with Gasteiger partial charge in [0.2, 0.25) is 8.46 Å². The van der Waals surface area contributed by atoms with Crippen LogP contribution in [0.4, 0.5) is 0 Å². The topological polar surface area (TPSA) is 80.3 Å². The third-order valence-electron chi connectivity index (χ3n) is 4.21. The van der Waals surface area contributed by atoms with Crippen molar-refractivity contribution in [3.05, 3.63) is 12.2 Å². The molecule has 7 nitrogen and oxygen atoms in total. The third-order valence-corrected chi connectivity index (χ3v) is 5.02. The van der Waals surface area contributed by atoms with Crippen LogP contribution in [-0.2, 0) is 33.0 Å². The molecule has 0 aromatic heterocycles. The fourth-order valence-electron chi connectivity index (χ4n) is 2.66. The van der Waals surface area contributed by atoms with E-state index in [4.69, 9.17) is 23.7 Å². The van der Waals surface area contributed by atoms with Gasteiger partial charge in [0.25, 0.3) is 5.79 Å². The molecule has 0 aliphatic rings. The second-order valence-electron chi connectivity index (χ2n) is 7.18. The minimum Gasteiger partial charge on any atom is -0.376 e. The Morgan fingerprint density at radius 1 is 0.900 bits per heavy atom. The number of carbonyl (C=O) groups is 1. The molecule has 2 atom stereocenters. The first-order valence-electron chi connectivity index (χ1n) is 11.0. The van der Waals surface area contributed by atoms with E-state index in [-0.39, 0.29) is 19.0 Å². The van der Waals surface area contributed by atoms with Gasteiger partial charge in [0.15, 0.2) is 5.78 Å². The van der Waals surface area contributed by atoms with Crippen LogP contribution in [-0.4, -0.2) is 56.2 Å². The van der Waals surface area contributed by atoms with Crippen LogP contribution in [0.1, 0.15) is 73.6 Å². The molecular formula is C22H41O7P. The molecule has 0 saturated carbocycles. The van der Waals surface area contributed by atoms with E-state index in [1.165, 1.54) is 0 Å². The maximum Gasteiger partial charge on any atom is 0.310 e. The predicted molar refractivity (Wildman–Crippen MR) is 118 cm³/mol. The SMILES string of the molecule is C=C(C)C(=O)C(CC)OC(OCCC)(P=O)C(COCCC)(OCCC)OCCC. The molecule has 0 aromatic rings. The second kappa shape index (κ2) is 16.0. The van der Waals surface area contributed by atoms with Crippen molar-refractivity contribution in [2.45, 2.75) is 91.1 Å². The van der Waals surface area contributed by atoms with E-state index < -0.39 is 25.9 Å². The van der Waals surface area contributed by atoms with Crippen molar-refractivity contribution in [1.82, 2.24) is 0 Å². The van der Waals surface area contributed by atoms with Gasteiger partial charge in [-0.15, -0.1) is 0 Å². The summed E-state index contributed by atoms with van der Waals surface area (Å²) in [7, 11) is -0.510. The van der Waals surface area contributed by atoms with Gasteiger partial charge in [-0.2, -0.15) is 0 Å². The lowest BCUT2D eigenvalue weighted by Gasteiger charge is -2.45. The molecule has 0 amide bonds. The van der Waals surface area contributed by atoms with Gasteiger partial charge >= 0.3 is 5.53 Å². The van der Waals surface area contributed by atoms with Gasteiger partial charge in [-0.3, -0.25) is 9.36 Å². The van der Waals surface area contributed by atoms with Gasteiger partial charge < -0.3 is 23.7 Å². The fourth-order valence-corrected chi connectivity index (χ4v) is 3.31. The lowest BCUT2D eigenvalue weighted by atomic mass is 10.1. The minimum absolute atomic E-state index is 0.0442. The van der Waals surface area contributed by atoms with Gasteiger partial charge in [-0.1, -0.05) is 41.2 Å². The van der Waals surface area contributed by atoms with E-state index in [2.05, 4.69) is 6.58 Å². The molecule has 0 bridgehead atoms. The predicted octanol–water partition coefficient (Wildman–Crippen LogP) is 5.28. The second-order valence-corrected chi connectivity index (χ2v) is 7.95. The molecular weight excluding hydrogens is 407 g/mol. The molecule has 0 aliphatic heterocycles. The van der Waals surface area contributed by atoms with Gasteiger partial charge in [-0.25, -0.2) is 0 Å². The van der Waals surface area contributed by atoms with Crippen LogP contribution < -0.4 is 0 Å². The van der Waals surface area contributed by atoms with Crippen molar-refractivity contribution in [2.75, 3.05) is 33.0 Å². The summed E-state index contributed by atoms with van der Waals surface area (Å²) in [6.07, 6.45) is 2.30. The standard InChI is InChI=1S/C22H41O7P/c1-8-13-25-17-21(26-14-9-2,27-15-10-3)22(30-24,28-16-11-4)29-19(12-5)20(23)18(6)7/h19H,6,8-17H2,1-5,7H3. The smallest absolute Gasteiger partial charge is 0.310 e. The van der Waals surface area contributed by atoms with Gasteiger partial charge in [0.05, 0.1) is 19.8 Å². The van der Waals surface area contributed by atoms with E-state index in [1.54, 1.807) is 6.92 Å². The molecule has 0 aliphatic carbocycles. The van der Waals surface area contributed by atoms with Crippen LogP contribution >= 0.6 is 8.46 Å². The van der Waals surface area contributed by atoms with E-state index >= 15 is 0 Å². The summed E-state index contributed by atoms with van der Waals surface area (Å²) in [6, 6.07) is 0. The summed E-state index contributed by atoms with van der Waals surface area (Å²) in [5.41, 5.74) is -1.52. The first kappa shape index (κ1) is 29.3. The highest BCUT2D eigenvalue weighted by atomic mass is 31.1. The molecule has 0 spiro atoms. The monoisotopic (exact) mass is 448 g/mol. The Bertz CT molecular complexity index is 504. The summed E-state index contributed by atoms with van der Waals surface area (Å²) >= 11 is 0. The summed E-state index contributed by atoms with van der Waals surface area (Å²) in [4.78, 5) is 12.7. The quantitative estimate of drug-likeness (QED) is 0.109. The van der Waals surface area contributed by atoms with Crippen LogP contribution in [0.5, 0.6) is 0 Å². The van der Waals surface area contributed by atoms with Crippen molar-refractivity contribution in [1.29, 1.82) is 0 Å². The first-order chi connectivity index (χ1) is 14.3. The molecule has 0 heterocycles. The number of hydrogen-bond donors (Lipinski definition) is 0. The highest BCUT2D eigenvalue weighted by Gasteiger charge is 2.60. The van der Waals surface area contributed by atoms with Crippen molar-refractivity contribution in [3.8, 4) is 0 Å². The Balaban J connectivity index is 6.38. The van der Waals surface area contributed by atoms with Crippen LogP contribution in [0.2, 0.25) is 0 Å². The molecule has 0 N–H and O–H groups in total. The van der Waals surface area contributed by atoms with Crippen LogP contribution in [0.15, 0.2) is 12.2 Å². The molecule has 30 heavy (non-hydrogen) atoms. The first-order valence-corrected chi connectivity index (χ1v) is 11.9. The summed E-state index contributed by atoms with van der Waals surface area (Å²) < 4.78 is 42.9. The summed E-state index contributed by atoms with van der Waals surface area (Å²) in [6.45, 7) is 16.3. The Morgan fingerprint density at radius 3 is 1.80 bits per heavy atom. The zero-order valence-electron chi connectivity index (χ0n) is 19.7. The number of hydrogen-bond acceptors (Lipinski definition) is 7. The molecule has 0 rings (SSSR count). The van der Waals surface area contributed by atoms with E-state index in [1.807, 2.05) is 34.6 Å². The molecule has 0 saturated heterocycles. The molecule has 0 aromatic carbocycles. The Labute approximate surface area is 184 Å². The minimum atomic E-state index is -1.87. The number of Topliss-reactive ketones (excluding diaryl/α,β-unsaturated/α-hetero) is 1. The maximum absolute atomic E-state index is 12.7. The van der Waals surface area contributed by atoms with Crippen LogP contribution in [0.3, 0.4) is 0 Å². The maximum atomic E-state index is 12.7. The zero-order valence-corrected chi connectivity index (χ0v) is 20.6. The van der Waals surface area contributed by atoms with Crippen molar-refractivity contribution < 1.29 is 33.0 Å². The largest absolute Gasteiger partial charge is 0.376 e. The Morgan fingerprint density at radius 2 is 1.40 bits per heavy atom. The average Bonchev–Trinajstić information content (AvgIpc) is 2.75. The summed E-state index contributed by atoms with van der Waals surface area (Å²) in [5, 5.41) is 0. The number of rotatable bonds is 20. The van der Waals surface area contributed by atoms with Crippen molar-refractivity contribution in [3.63, 3.8) is 0 Å². The fraction of sp³-hybridized carbons (Fsp3) is 0.864. The molecule has 176 valence electrons. The molecule has 8 heteroatoms. The van der Waals surface area contributed by atoms with E-state index in [0.717, 1.165) is 6.42 Å². The normalized spacial score (nSPS) is 15.1. The van der Waals surface area contributed by atoms with Gasteiger partial charge in [-0.05, 0) is 44.6 Å². The zero-order chi connectivity index (χ0) is 23.0. The summed E-state index contributed by atoms with van der Waals surface area (Å²) in [5.74, 6) is -1.88. The highest BCUT2D eigenvalue weighted by molar-refractivity contribution is 7.25. The highest BCUT2D eigenvalue weighted by Crippen LogP contribution is 2.44. The number of ether oxygens (including phenoxy) is 5. The lowest BCUT2D eigenvalue weighted by Crippen LogP contribution is -2.62. The number of carbonyl (C=O) groups excluding carboxylic acids is 1. The molecule has 2 unspecified atom stereocenters. The molecule has 0 radical (unpaired) electrons. The Kier molecular flexibility index (Phi) is 15.6. The van der Waals surface area contributed by atoms with Crippen molar-refractivity contribution in [2.24, 2.45) is 0 Å². The van der Waals surface area contributed by atoms with E-state index in [0.29, 0.717) is 51.1 Å². The average molecular weight is 449 g/mol. The van der Waals surface area contributed by atoms with Crippen LogP contribution in [0.25, 0.3) is 0 Å². The third kappa shape index (κ3) is 8.45. The van der Waals surface area contributed by atoms with E-state index in [9.17, 15) is 9.36 Å². The molecule has 0 fully saturated rings.